The average molecular weight is 474 g/mol. The van der Waals surface area contributed by atoms with Gasteiger partial charge in [-0.25, -0.2) is 26.7 Å². The molecule has 0 aliphatic heterocycles. The highest BCUT2D eigenvalue weighted by molar-refractivity contribution is 7.90. The molecule has 34 heavy (non-hydrogen) atoms. The molecule has 0 bridgehead atoms. The lowest BCUT2D eigenvalue weighted by Crippen LogP contribution is -2.27. The third-order valence-electron chi connectivity index (χ3n) is 5.36. The quantitative estimate of drug-likeness (QED) is 0.337. The molecule has 0 saturated carbocycles. The zero-order valence-corrected chi connectivity index (χ0v) is 19.8. The van der Waals surface area contributed by atoms with E-state index in [1.807, 2.05) is 51.1 Å². The number of hydrogen-bond acceptors (Lipinski definition) is 5. The summed E-state index contributed by atoms with van der Waals surface area (Å²) < 4.78 is 34.6. The summed E-state index contributed by atoms with van der Waals surface area (Å²) >= 11 is 0. The van der Waals surface area contributed by atoms with E-state index in [-0.39, 0.29) is 4.90 Å². The lowest BCUT2D eigenvalue weighted by Gasteiger charge is -2.21. The first-order valence-electron chi connectivity index (χ1n) is 10.8. The van der Waals surface area contributed by atoms with Crippen LogP contribution in [0.25, 0.3) is 33.3 Å². The van der Waals surface area contributed by atoms with Gasteiger partial charge in [-0.3, -0.25) is 0 Å². The Hall–Kier alpha value is -3.91. The molecule has 0 fully saturated rings. The Morgan fingerprint density at radius 2 is 1.59 bits per heavy atom. The third-order valence-corrected chi connectivity index (χ3v) is 7.06. The number of fused-ring (bicyclic) bond motifs is 2. The summed E-state index contributed by atoms with van der Waals surface area (Å²) in [5.74, 6) is 0. The molecule has 0 unspecified atom stereocenters. The minimum absolute atomic E-state index is 0.196. The van der Waals surface area contributed by atoms with Gasteiger partial charge in [0.05, 0.1) is 32.8 Å². The van der Waals surface area contributed by atoms with Gasteiger partial charge in [-0.1, -0.05) is 36.4 Å². The van der Waals surface area contributed by atoms with Gasteiger partial charge in [0.2, 0.25) is 0 Å². The van der Waals surface area contributed by atoms with Crippen LogP contribution in [0.1, 0.15) is 20.8 Å². The number of hydrogen-bond donors (Lipinski definition) is 0. The number of carbonyl (C=O) groups is 1. The van der Waals surface area contributed by atoms with Gasteiger partial charge in [-0.15, -0.1) is 0 Å². The van der Waals surface area contributed by atoms with Crippen LogP contribution < -0.4 is 0 Å². The van der Waals surface area contributed by atoms with Crippen molar-refractivity contribution in [3.05, 3.63) is 85.1 Å². The van der Waals surface area contributed by atoms with Crippen molar-refractivity contribution in [3.63, 3.8) is 0 Å². The van der Waals surface area contributed by atoms with E-state index in [4.69, 9.17) is 9.72 Å². The summed E-state index contributed by atoms with van der Waals surface area (Å²) in [6, 6.07) is 22.7. The minimum Gasteiger partial charge on any atom is -0.443 e. The summed E-state index contributed by atoms with van der Waals surface area (Å²) in [4.78, 5) is 18.0. The van der Waals surface area contributed by atoms with Crippen molar-refractivity contribution in [3.8, 4) is 11.4 Å². The van der Waals surface area contributed by atoms with Gasteiger partial charge in [-0.2, -0.15) is 0 Å². The Morgan fingerprint density at radius 1 is 0.882 bits per heavy atom. The van der Waals surface area contributed by atoms with Gasteiger partial charge in [-0.05, 0) is 63.2 Å². The molecule has 3 heterocycles. The molecule has 0 saturated heterocycles. The van der Waals surface area contributed by atoms with Gasteiger partial charge in [0, 0.05) is 11.6 Å². The van der Waals surface area contributed by atoms with Crippen LogP contribution in [0, 0.1) is 0 Å². The first-order chi connectivity index (χ1) is 16.1. The summed E-state index contributed by atoms with van der Waals surface area (Å²) in [7, 11) is -3.76. The van der Waals surface area contributed by atoms with Crippen LogP contribution in [-0.2, 0) is 14.8 Å². The van der Waals surface area contributed by atoms with E-state index in [2.05, 4.69) is 0 Å². The zero-order valence-electron chi connectivity index (χ0n) is 19.0. The molecule has 0 N–H and O–H groups in total. The molecule has 0 aliphatic carbocycles. The van der Waals surface area contributed by atoms with Gasteiger partial charge in [0.1, 0.15) is 5.60 Å². The highest BCUT2D eigenvalue weighted by atomic mass is 32.2. The van der Waals surface area contributed by atoms with E-state index < -0.39 is 21.7 Å². The molecular formula is C26H23N3O4S. The van der Waals surface area contributed by atoms with E-state index in [1.54, 1.807) is 48.5 Å². The van der Waals surface area contributed by atoms with Gasteiger partial charge in [0.25, 0.3) is 10.0 Å². The first kappa shape index (κ1) is 21.9. The van der Waals surface area contributed by atoms with Crippen molar-refractivity contribution in [1.82, 2.24) is 13.5 Å². The fourth-order valence-corrected chi connectivity index (χ4v) is 5.26. The van der Waals surface area contributed by atoms with Crippen molar-refractivity contribution < 1.29 is 17.9 Å². The smallest absolute Gasteiger partial charge is 0.419 e. The van der Waals surface area contributed by atoms with Gasteiger partial charge < -0.3 is 4.74 Å². The molecule has 0 atom stereocenters. The number of aromatic nitrogens is 3. The number of nitrogens with zero attached hydrogens (tertiary/aromatic N) is 3. The third kappa shape index (κ3) is 3.76. The maximum absolute atomic E-state index is 13.1. The van der Waals surface area contributed by atoms with E-state index in [1.165, 1.54) is 14.7 Å². The van der Waals surface area contributed by atoms with Crippen LogP contribution in [0.3, 0.4) is 0 Å². The van der Waals surface area contributed by atoms with Gasteiger partial charge >= 0.3 is 6.09 Å². The largest absolute Gasteiger partial charge is 0.443 e. The maximum atomic E-state index is 13.1. The Labute approximate surface area is 197 Å². The average Bonchev–Trinajstić information content (AvgIpc) is 3.40. The number of rotatable bonds is 3. The minimum atomic E-state index is -3.76. The second-order valence-corrected chi connectivity index (χ2v) is 10.7. The van der Waals surface area contributed by atoms with Gasteiger partial charge in [0.15, 0.2) is 0 Å². The zero-order chi connectivity index (χ0) is 24.1. The molecular weight excluding hydrogens is 450 g/mol. The second-order valence-electron chi connectivity index (χ2n) is 8.93. The topological polar surface area (TPSA) is 83.2 Å². The molecule has 2 aromatic carbocycles. The number of pyridine rings is 1. The maximum Gasteiger partial charge on any atom is 0.419 e. The summed E-state index contributed by atoms with van der Waals surface area (Å²) in [6.45, 7) is 5.45. The Bertz CT molecular complexity index is 1640. The van der Waals surface area contributed by atoms with Crippen LogP contribution in [0.5, 0.6) is 0 Å². The standard InChI is InChI=1S/C26H23N3O4S/c1-26(2,3)33-25(30)29-22-12-8-7-9-18(22)17-24(29)20-13-14-23-21(27-20)15-16-28(23)34(31,32)19-10-5-4-6-11-19/h4-17H,1-3H3. The molecule has 0 aliphatic rings. The normalized spacial score (nSPS) is 12.3. The van der Waals surface area contributed by atoms with E-state index in [9.17, 15) is 13.2 Å². The fraction of sp³-hybridized carbons (Fsp3) is 0.154. The molecule has 0 amide bonds. The Morgan fingerprint density at radius 3 is 2.32 bits per heavy atom. The van der Waals surface area contributed by atoms with E-state index in [0.29, 0.717) is 27.9 Å². The highest BCUT2D eigenvalue weighted by Crippen LogP contribution is 2.30. The van der Waals surface area contributed by atoms with Crippen LogP contribution in [0.4, 0.5) is 4.79 Å². The van der Waals surface area contributed by atoms with Crippen LogP contribution in [-0.4, -0.2) is 33.6 Å². The van der Waals surface area contributed by atoms with E-state index in [0.717, 1.165) is 5.39 Å². The van der Waals surface area contributed by atoms with Crippen LogP contribution in [0.2, 0.25) is 0 Å². The molecule has 172 valence electrons. The number of ether oxygens (including phenoxy) is 1. The summed E-state index contributed by atoms with van der Waals surface area (Å²) in [5, 5.41) is 0.870. The van der Waals surface area contributed by atoms with Crippen molar-refractivity contribution in [2.24, 2.45) is 0 Å². The highest BCUT2D eigenvalue weighted by Gasteiger charge is 2.24. The summed E-state index contributed by atoms with van der Waals surface area (Å²) in [6.07, 6.45) is 0.988. The SMILES string of the molecule is CC(C)(C)OC(=O)n1c(-c2ccc3c(ccn3S(=O)(=O)c3ccccc3)n2)cc2ccccc21. The molecule has 0 radical (unpaired) electrons. The molecule has 8 heteroatoms. The lowest BCUT2D eigenvalue weighted by atomic mass is 10.2. The van der Waals surface area contributed by atoms with Crippen LogP contribution >= 0.6 is 0 Å². The molecule has 7 nitrogen and oxygen atoms in total. The number of carbonyl (C=O) groups excluding carboxylic acids is 1. The predicted octanol–water partition coefficient (Wildman–Crippen LogP) is 5.68. The molecule has 3 aromatic heterocycles. The van der Waals surface area contributed by atoms with E-state index >= 15 is 0 Å². The van der Waals surface area contributed by atoms with Crippen molar-refractivity contribution in [2.75, 3.05) is 0 Å². The second kappa shape index (κ2) is 7.85. The molecule has 5 rings (SSSR count). The summed E-state index contributed by atoms with van der Waals surface area (Å²) in [5.41, 5.74) is 2.09. The van der Waals surface area contributed by atoms with Crippen LogP contribution in [0.15, 0.2) is 90.0 Å². The fourth-order valence-electron chi connectivity index (χ4n) is 3.90. The number of benzene rings is 2. The predicted molar refractivity (Wildman–Crippen MR) is 131 cm³/mol. The molecule has 5 aromatic rings. The molecule has 0 spiro atoms. The Kier molecular flexibility index (Phi) is 5.06. The first-order valence-corrected chi connectivity index (χ1v) is 12.2. The lowest BCUT2D eigenvalue weighted by molar-refractivity contribution is 0.0547. The van der Waals surface area contributed by atoms with Crippen molar-refractivity contribution >= 4 is 38.1 Å². The Balaban J connectivity index is 1.65. The van der Waals surface area contributed by atoms with Crippen molar-refractivity contribution in [1.29, 1.82) is 0 Å². The number of para-hydroxylation sites is 1. The van der Waals surface area contributed by atoms with Crippen molar-refractivity contribution in [2.45, 2.75) is 31.3 Å². The monoisotopic (exact) mass is 473 g/mol.